The molecule has 0 unspecified atom stereocenters. The van der Waals surface area contributed by atoms with Crippen molar-refractivity contribution >= 4 is 5.78 Å². The average Bonchev–Trinajstić information content (AvgIpc) is 2.38. The minimum atomic E-state index is 0.121. The van der Waals surface area contributed by atoms with Crippen LogP contribution in [0.5, 0.6) is 11.5 Å². The van der Waals surface area contributed by atoms with Gasteiger partial charge < -0.3 is 9.84 Å². The lowest BCUT2D eigenvalue weighted by molar-refractivity contribution is -0.114. The number of hydrogen-bond acceptors (Lipinski definition) is 3. The Labute approximate surface area is 108 Å². The lowest BCUT2D eigenvalue weighted by atomic mass is 10.1. The summed E-state index contributed by atoms with van der Waals surface area (Å²) in [7, 11) is 1.51. The summed E-state index contributed by atoms with van der Waals surface area (Å²) >= 11 is 0. The van der Waals surface area contributed by atoms with Gasteiger partial charge in [-0.3, -0.25) is 4.79 Å². The zero-order valence-electron chi connectivity index (χ0n) is 11.0. The summed E-state index contributed by atoms with van der Waals surface area (Å²) in [6.07, 6.45) is 6.71. The van der Waals surface area contributed by atoms with Crippen molar-refractivity contribution in [3.05, 3.63) is 35.9 Å². The standard InChI is InChI=1S/C15H20O3/c1-3-4-5-6-13(16)9-7-12-8-10-14(17)15(11-12)18-2/h5-6,8,10-11,17H,3-4,7,9H2,1-2H3/b6-5+. The molecule has 0 spiro atoms. The lowest BCUT2D eigenvalue weighted by Crippen LogP contribution is -1.96. The number of allylic oxidation sites excluding steroid dienone is 2. The Balaban J connectivity index is 2.50. The Bertz CT molecular complexity index is 422. The van der Waals surface area contributed by atoms with Crippen LogP contribution in [0.2, 0.25) is 0 Å². The van der Waals surface area contributed by atoms with Crippen LogP contribution in [0.4, 0.5) is 0 Å². The number of carbonyl (C=O) groups is 1. The van der Waals surface area contributed by atoms with Crippen molar-refractivity contribution < 1.29 is 14.6 Å². The van der Waals surface area contributed by atoms with Gasteiger partial charge in [0.1, 0.15) is 0 Å². The van der Waals surface area contributed by atoms with Gasteiger partial charge in [-0.15, -0.1) is 0 Å². The van der Waals surface area contributed by atoms with Gasteiger partial charge in [0.2, 0.25) is 0 Å². The number of methoxy groups -OCH3 is 1. The van der Waals surface area contributed by atoms with Crippen LogP contribution in [0, 0.1) is 0 Å². The van der Waals surface area contributed by atoms with E-state index in [-0.39, 0.29) is 11.5 Å². The summed E-state index contributed by atoms with van der Waals surface area (Å²) in [5, 5.41) is 9.45. The van der Waals surface area contributed by atoms with Crippen molar-refractivity contribution in [1.29, 1.82) is 0 Å². The third-order valence-corrected chi connectivity index (χ3v) is 2.66. The normalized spacial score (nSPS) is 10.8. The fourth-order valence-electron chi connectivity index (χ4n) is 1.61. The van der Waals surface area contributed by atoms with Gasteiger partial charge in [-0.1, -0.05) is 25.5 Å². The fraction of sp³-hybridized carbons (Fsp3) is 0.400. The predicted octanol–water partition coefficient (Wildman–Crippen LogP) is 3.26. The number of unbranched alkanes of at least 4 members (excludes halogenated alkanes) is 1. The molecule has 0 aliphatic carbocycles. The predicted molar refractivity (Wildman–Crippen MR) is 72.0 cm³/mol. The number of benzene rings is 1. The van der Waals surface area contributed by atoms with Crippen LogP contribution in [0.15, 0.2) is 30.4 Å². The van der Waals surface area contributed by atoms with Gasteiger partial charge in [-0.2, -0.15) is 0 Å². The number of aryl methyl sites for hydroxylation is 1. The van der Waals surface area contributed by atoms with Crippen LogP contribution in [0.25, 0.3) is 0 Å². The van der Waals surface area contributed by atoms with Gasteiger partial charge >= 0.3 is 0 Å². The minimum absolute atomic E-state index is 0.121. The van der Waals surface area contributed by atoms with E-state index in [1.165, 1.54) is 7.11 Å². The van der Waals surface area contributed by atoms with E-state index in [2.05, 4.69) is 6.92 Å². The van der Waals surface area contributed by atoms with Gasteiger partial charge in [-0.25, -0.2) is 0 Å². The van der Waals surface area contributed by atoms with Gasteiger partial charge in [0, 0.05) is 6.42 Å². The molecule has 0 aliphatic rings. The van der Waals surface area contributed by atoms with Crippen LogP contribution in [-0.2, 0) is 11.2 Å². The largest absolute Gasteiger partial charge is 0.504 e. The summed E-state index contributed by atoms with van der Waals surface area (Å²) in [6.45, 7) is 2.08. The minimum Gasteiger partial charge on any atom is -0.504 e. The molecule has 98 valence electrons. The zero-order chi connectivity index (χ0) is 13.4. The molecule has 0 aliphatic heterocycles. The first-order valence-electron chi connectivity index (χ1n) is 6.22. The molecule has 3 nitrogen and oxygen atoms in total. The van der Waals surface area contributed by atoms with Gasteiger partial charge in [0.15, 0.2) is 17.3 Å². The first-order chi connectivity index (χ1) is 8.67. The summed E-state index contributed by atoms with van der Waals surface area (Å²) in [4.78, 5) is 11.5. The van der Waals surface area contributed by atoms with E-state index < -0.39 is 0 Å². The van der Waals surface area contributed by atoms with Crippen molar-refractivity contribution in [1.82, 2.24) is 0 Å². The molecule has 3 heteroatoms. The maximum Gasteiger partial charge on any atom is 0.160 e. The highest BCUT2D eigenvalue weighted by Crippen LogP contribution is 2.26. The van der Waals surface area contributed by atoms with E-state index in [9.17, 15) is 9.90 Å². The van der Waals surface area contributed by atoms with Crippen LogP contribution < -0.4 is 4.74 Å². The van der Waals surface area contributed by atoms with Crippen molar-refractivity contribution in [2.45, 2.75) is 32.6 Å². The Morgan fingerprint density at radius 2 is 2.22 bits per heavy atom. The molecule has 0 saturated carbocycles. The van der Waals surface area contributed by atoms with Crippen LogP contribution in [-0.4, -0.2) is 18.0 Å². The zero-order valence-corrected chi connectivity index (χ0v) is 11.0. The molecular formula is C15H20O3. The molecule has 0 radical (unpaired) electrons. The SMILES string of the molecule is CCC/C=C/C(=O)CCc1ccc(O)c(OC)c1. The molecule has 0 bridgehead atoms. The highest BCUT2D eigenvalue weighted by atomic mass is 16.5. The maximum absolute atomic E-state index is 11.5. The number of aromatic hydroxyl groups is 1. The van der Waals surface area contributed by atoms with E-state index in [0.29, 0.717) is 18.6 Å². The fourth-order valence-corrected chi connectivity index (χ4v) is 1.61. The molecule has 0 aromatic heterocycles. The summed E-state index contributed by atoms with van der Waals surface area (Å²) in [5.41, 5.74) is 0.988. The Morgan fingerprint density at radius 1 is 1.44 bits per heavy atom. The molecule has 18 heavy (non-hydrogen) atoms. The molecule has 0 atom stereocenters. The average molecular weight is 248 g/mol. The first-order valence-corrected chi connectivity index (χ1v) is 6.22. The number of ether oxygens (including phenoxy) is 1. The smallest absolute Gasteiger partial charge is 0.160 e. The molecule has 1 N–H and O–H groups in total. The lowest BCUT2D eigenvalue weighted by Gasteiger charge is -2.05. The van der Waals surface area contributed by atoms with Crippen molar-refractivity contribution in [3.63, 3.8) is 0 Å². The molecule has 0 heterocycles. The third kappa shape index (κ3) is 4.62. The topological polar surface area (TPSA) is 46.5 Å². The number of rotatable bonds is 7. The van der Waals surface area contributed by atoms with Crippen LogP contribution in [0.3, 0.4) is 0 Å². The molecule has 1 aromatic carbocycles. The van der Waals surface area contributed by atoms with E-state index in [1.807, 2.05) is 6.08 Å². The summed E-state index contributed by atoms with van der Waals surface area (Å²) < 4.78 is 5.02. The number of phenols is 1. The Hall–Kier alpha value is -1.77. The Kier molecular flexibility index (Phi) is 5.98. The first kappa shape index (κ1) is 14.3. The van der Waals surface area contributed by atoms with Gasteiger partial charge in [-0.05, 0) is 36.6 Å². The maximum atomic E-state index is 11.5. The van der Waals surface area contributed by atoms with Crippen molar-refractivity contribution in [2.75, 3.05) is 7.11 Å². The molecule has 0 saturated heterocycles. The number of phenolic OH excluding ortho intramolecular Hbond substituents is 1. The second-order valence-corrected chi connectivity index (χ2v) is 4.16. The molecule has 1 rings (SSSR count). The molecule has 0 amide bonds. The van der Waals surface area contributed by atoms with Crippen molar-refractivity contribution in [3.8, 4) is 11.5 Å². The summed E-state index contributed by atoms with van der Waals surface area (Å²) in [6, 6.07) is 5.16. The monoisotopic (exact) mass is 248 g/mol. The number of ketones is 1. The number of carbonyl (C=O) groups excluding carboxylic acids is 1. The highest BCUT2D eigenvalue weighted by molar-refractivity contribution is 5.89. The quantitative estimate of drug-likeness (QED) is 0.753. The molecule has 1 aromatic rings. The second-order valence-electron chi connectivity index (χ2n) is 4.16. The van der Waals surface area contributed by atoms with Gasteiger partial charge in [0.25, 0.3) is 0 Å². The van der Waals surface area contributed by atoms with Crippen LogP contribution >= 0.6 is 0 Å². The van der Waals surface area contributed by atoms with E-state index >= 15 is 0 Å². The van der Waals surface area contributed by atoms with Gasteiger partial charge in [0.05, 0.1) is 7.11 Å². The molecule has 0 fully saturated rings. The van der Waals surface area contributed by atoms with E-state index in [0.717, 1.165) is 18.4 Å². The van der Waals surface area contributed by atoms with Crippen molar-refractivity contribution in [2.24, 2.45) is 0 Å². The second kappa shape index (κ2) is 7.54. The Morgan fingerprint density at radius 3 is 2.89 bits per heavy atom. The summed E-state index contributed by atoms with van der Waals surface area (Å²) in [5.74, 6) is 0.701. The number of hydrogen-bond donors (Lipinski definition) is 1. The van der Waals surface area contributed by atoms with Crippen LogP contribution in [0.1, 0.15) is 31.7 Å². The van der Waals surface area contributed by atoms with E-state index in [4.69, 9.17) is 4.74 Å². The van der Waals surface area contributed by atoms with E-state index in [1.54, 1.807) is 24.3 Å². The third-order valence-electron chi connectivity index (χ3n) is 2.66. The highest BCUT2D eigenvalue weighted by Gasteiger charge is 2.04. The molecular weight excluding hydrogens is 228 g/mol.